The average Bonchev–Trinajstić information content (AvgIpc) is 2.89. The molecule has 0 atom stereocenters. The molecule has 0 unspecified atom stereocenters. The molecule has 0 saturated heterocycles. The Balaban J connectivity index is 1.99. The molecule has 0 amide bonds. The fraction of sp³-hybridized carbons (Fsp3) is 0. The highest BCUT2D eigenvalue weighted by Crippen LogP contribution is 2.31. The Morgan fingerprint density at radius 3 is 2.86 bits per heavy atom. The number of halogens is 1. The number of hydrogen-bond donors (Lipinski definition) is 0. The quantitative estimate of drug-likeness (QED) is 0.477. The second-order valence-electron chi connectivity index (χ2n) is 4.62. The summed E-state index contributed by atoms with van der Waals surface area (Å²) in [7, 11) is 0. The number of nitrogens with zero attached hydrogens (tertiary/aromatic N) is 1. The van der Waals surface area contributed by atoms with Crippen molar-refractivity contribution in [2.45, 2.75) is 0 Å². The van der Waals surface area contributed by atoms with Crippen LogP contribution < -0.4 is 5.63 Å². The molecule has 4 aromatic rings. The van der Waals surface area contributed by atoms with E-state index in [1.165, 1.54) is 11.3 Å². The molecule has 0 aliphatic carbocycles. The van der Waals surface area contributed by atoms with Crippen LogP contribution in [0, 0.1) is 0 Å². The van der Waals surface area contributed by atoms with Crippen molar-refractivity contribution in [1.82, 2.24) is 4.98 Å². The van der Waals surface area contributed by atoms with Gasteiger partial charge in [0.2, 0.25) is 0 Å². The van der Waals surface area contributed by atoms with E-state index >= 15 is 0 Å². The minimum absolute atomic E-state index is 0.376. The molecule has 2 aromatic carbocycles. The smallest absolute Gasteiger partial charge is 0.346 e. The maximum absolute atomic E-state index is 12.2. The summed E-state index contributed by atoms with van der Waals surface area (Å²) in [4.78, 5) is 16.6. The molecule has 5 heteroatoms. The Morgan fingerprint density at radius 2 is 1.95 bits per heavy atom. The topological polar surface area (TPSA) is 43.1 Å². The van der Waals surface area contributed by atoms with Crippen LogP contribution in [0.3, 0.4) is 0 Å². The molecule has 0 aliphatic heterocycles. The van der Waals surface area contributed by atoms with Crippen LogP contribution in [-0.4, -0.2) is 4.98 Å². The lowest BCUT2D eigenvalue weighted by molar-refractivity contribution is 0.563. The van der Waals surface area contributed by atoms with Gasteiger partial charge in [0.1, 0.15) is 10.6 Å². The molecule has 21 heavy (non-hydrogen) atoms. The molecule has 0 saturated carbocycles. The third-order valence-electron chi connectivity index (χ3n) is 3.22. The minimum atomic E-state index is -0.376. The van der Waals surface area contributed by atoms with Crippen molar-refractivity contribution in [1.29, 1.82) is 0 Å². The maximum Gasteiger partial charge on any atom is 0.346 e. The third kappa shape index (κ3) is 2.13. The fourth-order valence-electron chi connectivity index (χ4n) is 2.22. The largest absolute Gasteiger partial charge is 0.422 e. The van der Waals surface area contributed by atoms with Crippen molar-refractivity contribution in [2.24, 2.45) is 0 Å². The van der Waals surface area contributed by atoms with Gasteiger partial charge in [-0.15, -0.1) is 11.3 Å². The SMILES string of the molecule is O=c1oc2ccccc2cc1-c1nc2ccc(Cl)cc2s1. The van der Waals surface area contributed by atoms with Crippen molar-refractivity contribution in [3.8, 4) is 10.6 Å². The number of benzene rings is 2. The molecule has 0 spiro atoms. The highest BCUT2D eigenvalue weighted by Gasteiger charge is 2.12. The molecule has 3 nitrogen and oxygen atoms in total. The predicted molar refractivity (Wildman–Crippen MR) is 86.1 cm³/mol. The number of fused-ring (bicyclic) bond motifs is 2. The van der Waals surface area contributed by atoms with Crippen molar-refractivity contribution < 1.29 is 4.42 Å². The number of aromatic nitrogens is 1. The first-order valence-electron chi connectivity index (χ1n) is 6.30. The Bertz CT molecular complexity index is 1040. The molecule has 2 aromatic heterocycles. The summed E-state index contributed by atoms with van der Waals surface area (Å²) >= 11 is 7.41. The van der Waals surface area contributed by atoms with E-state index in [4.69, 9.17) is 16.0 Å². The van der Waals surface area contributed by atoms with Crippen LogP contribution in [0.1, 0.15) is 0 Å². The minimum Gasteiger partial charge on any atom is -0.422 e. The van der Waals surface area contributed by atoms with Gasteiger partial charge in [0, 0.05) is 10.4 Å². The van der Waals surface area contributed by atoms with E-state index < -0.39 is 0 Å². The summed E-state index contributed by atoms with van der Waals surface area (Å²) in [6.07, 6.45) is 0. The van der Waals surface area contributed by atoms with Crippen LogP contribution in [0.15, 0.2) is 57.7 Å². The van der Waals surface area contributed by atoms with Gasteiger partial charge in [0.15, 0.2) is 0 Å². The zero-order valence-corrected chi connectivity index (χ0v) is 12.2. The highest BCUT2D eigenvalue weighted by atomic mass is 35.5. The first-order chi connectivity index (χ1) is 10.2. The average molecular weight is 314 g/mol. The van der Waals surface area contributed by atoms with Crippen LogP contribution >= 0.6 is 22.9 Å². The Morgan fingerprint density at radius 1 is 1.10 bits per heavy atom. The standard InChI is InChI=1S/C16H8ClNO2S/c17-10-5-6-12-14(8-10)21-15(18-12)11-7-9-3-1-2-4-13(9)20-16(11)19/h1-8H. The Hall–Kier alpha value is -2.17. The van der Waals surface area contributed by atoms with E-state index in [1.807, 2.05) is 36.4 Å². The van der Waals surface area contributed by atoms with Gasteiger partial charge in [-0.3, -0.25) is 0 Å². The first-order valence-corrected chi connectivity index (χ1v) is 7.49. The van der Waals surface area contributed by atoms with Crippen LogP contribution in [-0.2, 0) is 0 Å². The van der Waals surface area contributed by atoms with Gasteiger partial charge in [-0.1, -0.05) is 29.8 Å². The molecule has 0 bridgehead atoms. The molecule has 2 heterocycles. The van der Waals surface area contributed by atoms with E-state index in [-0.39, 0.29) is 5.63 Å². The van der Waals surface area contributed by atoms with Crippen molar-refractivity contribution in [3.63, 3.8) is 0 Å². The number of hydrogen-bond acceptors (Lipinski definition) is 4. The van der Waals surface area contributed by atoms with Crippen LogP contribution in [0.25, 0.3) is 31.8 Å². The second kappa shape index (κ2) is 4.69. The summed E-state index contributed by atoms with van der Waals surface area (Å²) in [6.45, 7) is 0. The normalized spacial score (nSPS) is 11.3. The third-order valence-corrected chi connectivity index (χ3v) is 4.51. The monoisotopic (exact) mass is 313 g/mol. The zero-order valence-electron chi connectivity index (χ0n) is 10.7. The molecule has 0 N–H and O–H groups in total. The first kappa shape index (κ1) is 12.6. The van der Waals surface area contributed by atoms with E-state index in [9.17, 15) is 4.79 Å². The van der Waals surface area contributed by atoms with E-state index in [0.717, 1.165) is 15.6 Å². The molecule has 0 radical (unpaired) electrons. The van der Waals surface area contributed by atoms with Gasteiger partial charge in [0.25, 0.3) is 0 Å². The highest BCUT2D eigenvalue weighted by molar-refractivity contribution is 7.21. The number of thiazole rings is 1. The van der Waals surface area contributed by atoms with Gasteiger partial charge in [0.05, 0.1) is 15.8 Å². The lowest BCUT2D eigenvalue weighted by Crippen LogP contribution is -2.02. The summed E-state index contributed by atoms with van der Waals surface area (Å²) in [6, 6.07) is 14.7. The van der Waals surface area contributed by atoms with Crippen LogP contribution in [0.2, 0.25) is 5.02 Å². The predicted octanol–water partition coefficient (Wildman–Crippen LogP) is 4.72. The van der Waals surface area contributed by atoms with E-state index in [2.05, 4.69) is 4.98 Å². The molecular weight excluding hydrogens is 306 g/mol. The van der Waals surface area contributed by atoms with Gasteiger partial charge < -0.3 is 4.42 Å². The van der Waals surface area contributed by atoms with Gasteiger partial charge in [-0.05, 0) is 30.3 Å². The maximum atomic E-state index is 12.2. The van der Waals surface area contributed by atoms with Crippen molar-refractivity contribution in [2.75, 3.05) is 0 Å². The van der Waals surface area contributed by atoms with Crippen molar-refractivity contribution in [3.05, 3.63) is 64.0 Å². The number of rotatable bonds is 1. The van der Waals surface area contributed by atoms with Crippen molar-refractivity contribution >= 4 is 44.1 Å². The summed E-state index contributed by atoms with van der Waals surface area (Å²) in [5, 5.41) is 2.18. The van der Waals surface area contributed by atoms with E-state index in [0.29, 0.717) is 21.2 Å². The fourth-order valence-corrected chi connectivity index (χ4v) is 3.47. The number of para-hydroxylation sites is 1. The summed E-state index contributed by atoms with van der Waals surface area (Å²) < 4.78 is 6.30. The van der Waals surface area contributed by atoms with Gasteiger partial charge >= 0.3 is 5.63 Å². The van der Waals surface area contributed by atoms with Gasteiger partial charge in [-0.25, -0.2) is 9.78 Å². The molecule has 0 fully saturated rings. The Labute approximate surface area is 128 Å². The molecule has 102 valence electrons. The zero-order chi connectivity index (χ0) is 14.4. The van der Waals surface area contributed by atoms with Gasteiger partial charge in [-0.2, -0.15) is 0 Å². The summed E-state index contributed by atoms with van der Waals surface area (Å²) in [5.74, 6) is 0. The lowest BCUT2D eigenvalue weighted by Gasteiger charge is -1.98. The Kier molecular flexibility index (Phi) is 2.80. The summed E-state index contributed by atoms with van der Waals surface area (Å²) in [5.41, 5.74) is 1.51. The van der Waals surface area contributed by atoms with E-state index in [1.54, 1.807) is 12.1 Å². The molecule has 0 aliphatic rings. The van der Waals surface area contributed by atoms with Crippen LogP contribution in [0.4, 0.5) is 0 Å². The molecular formula is C16H8ClNO2S. The lowest BCUT2D eigenvalue weighted by atomic mass is 10.2. The second-order valence-corrected chi connectivity index (χ2v) is 6.08. The van der Waals surface area contributed by atoms with Crippen LogP contribution in [0.5, 0.6) is 0 Å². The molecule has 4 rings (SSSR count).